The SMILES string of the molecule is OC(CCl)C(O)c1ccc(Cl)c(Br)c1. The molecule has 0 aliphatic carbocycles. The largest absolute Gasteiger partial charge is 0.389 e. The molecule has 0 aromatic heterocycles. The zero-order chi connectivity index (χ0) is 10.7. The molecule has 14 heavy (non-hydrogen) atoms. The lowest BCUT2D eigenvalue weighted by Gasteiger charge is -2.16. The van der Waals surface area contributed by atoms with Crippen molar-refractivity contribution in [1.29, 1.82) is 0 Å². The maximum Gasteiger partial charge on any atom is 0.106 e. The predicted octanol–water partition coefficient (Wildman–Crippen LogP) is 2.74. The van der Waals surface area contributed by atoms with Crippen molar-refractivity contribution >= 4 is 39.1 Å². The van der Waals surface area contributed by atoms with Crippen molar-refractivity contribution in [1.82, 2.24) is 0 Å². The van der Waals surface area contributed by atoms with Crippen molar-refractivity contribution in [2.24, 2.45) is 0 Å². The smallest absolute Gasteiger partial charge is 0.106 e. The molecule has 0 aliphatic heterocycles. The summed E-state index contributed by atoms with van der Waals surface area (Å²) in [5.41, 5.74) is 0.578. The van der Waals surface area contributed by atoms with Crippen molar-refractivity contribution < 1.29 is 10.2 Å². The number of hydrogen-bond acceptors (Lipinski definition) is 2. The average Bonchev–Trinajstić information content (AvgIpc) is 2.20. The van der Waals surface area contributed by atoms with Crippen LogP contribution in [0.25, 0.3) is 0 Å². The van der Waals surface area contributed by atoms with Gasteiger partial charge in [-0.2, -0.15) is 0 Å². The Labute approximate surface area is 101 Å². The summed E-state index contributed by atoms with van der Waals surface area (Å²) in [6.07, 6.45) is -1.95. The van der Waals surface area contributed by atoms with Gasteiger partial charge in [0.25, 0.3) is 0 Å². The molecule has 2 nitrogen and oxygen atoms in total. The van der Waals surface area contributed by atoms with E-state index >= 15 is 0 Å². The molecule has 5 heteroatoms. The van der Waals surface area contributed by atoms with Crippen molar-refractivity contribution in [2.75, 3.05) is 5.88 Å². The van der Waals surface area contributed by atoms with E-state index in [1.165, 1.54) is 0 Å². The van der Waals surface area contributed by atoms with Crippen LogP contribution in [0.1, 0.15) is 11.7 Å². The first-order valence-corrected chi connectivity index (χ1v) is 5.64. The number of aliphatic hydroxyl groups excluding tert-OH is 2. The van der Waals surface area contributed by atoms with Gasteiger partial charge in [-0.25, -0.2) is 0 Å². The van der Waals surface area contributed by atoms with Crippen LogP contribution in [0.4, 0.5) is 0 Å². The molecule has 2 N–H and O–H groups in total. The van der Waals surface area contributed by atoms with Gasteiger partial charge in [0, 0.05) is 4.47 Å². The van der Waals surface area contributed by atoms with Crippen LogP contribution in [0.2, 0.25) is 5.02 Å². The van der Waals surface area contributed by atoms with Gasteiger partial charge in [-0.1, -0.05) is 17.7 Å². The summed E-state index contributed by atoms with van der Waals surface area (Å²) < 4.78 is 0.678. The van der Waals surface area contributed by atoms with Crippen LogP contribution in [-0.4, -0.2) is 22.2 Å². The molecule has 2 atom stereocenters. The second kappa shape index (κ2) is 5.33. The summed E-state index contributed by atoms with van der Waals surface area (Å²) >= 11 is 14.4. The summed E-state index contributed by atoms with van der Waals surface area (Å²) in [6.45, 7) is 0. The van der Waals surface area contributed by atoms with E-state index in [-0.39, 0.29) is 5.88 Å². The number of aliphatic hydroxyl groups is 2. The second-order valence-electron chi connectivity index (χ2n) is 2.84. The maximum absolute atomic E-state index is 9.61. The molecule has 2 unspecified atom stereocenters. The fourth-order valence-corrected chi connectivity index (χ4v) is 1.69. The second-order valence-corrected chi connectivity index (χ2v) is 4.41. The van der Waals surface area contributed by atoms with Gasteiger partial charge in [-0.3, -0.25) is 0 Å². The third-order valence-corrected chi connectivity index (χ3v) is 3.34. The molecule has 1 aromatic rings. The zero-order valence-corrected chi connectivity index (χ0v) is 10.2. The molecule has 0 aliphatic rings. The Morgan fingerprint density at radius 1 is 1.36 bits per heavy atom. The van der Waals surface area contributed by atoms with Crippen LogP contribution in [0, 0.1) is 0 Å². The van der Waals surface area contributed by atoms with E-state index in [0.29, 0.717) is 15.1 Å². The first-order chi connectivity index (χ1) is 6.56. The van der Waals surface area contributed by atoms with Crippen molar-refractivity contribution in [2.45, 2.75) is 12.2 Å². The van der Waals surface area contributed by atoms with E-state index < -0.39 is 12.2 Å². The van der Waals surface area contributed by atoms with E-state index in [9.17, 15) is 10.2 Å². The molecule has 1 rings (SSSR count). The molecule has 0 amide bonds. The van der Waals surface area contributed by atoms with Gasteiger partial charge in [0.2, 0.25) is 0 Å². The van der Waals surface area contributed by atoms with Gasteiger partial charge in [0.15, 0.2) is 0 Å². The normalized spacial score (nSPS) is 15.2. The van der Waals surface area contributed by atoms with Crippen LogP contribution in [-0.2, 0) is 0 Å². The Bertz CT molecular complexity index is 320. The van der Waals surface area contributed by atoms with E-state index in [1.807, 2.05) is 0 Å². The van der Waals surface area contributed by atoms with E-state index in [0.717, 1.165) is 0 Å². The molecule has 0 saturated heterocycles. The highest BCUT2D eigenvalue weighted by atomic mass is 79.9. The van der Waals surface area contributed by atoms with Crippen molar-refractivity contribution in [3.63, 3.8) is 0 Å². The van der Waals surface area contributed by atoms with Gasteiger partial charge in [-0.15, -0.1) is 11.6 Å². The number of hydrogen-bond donors (Lipinski definition) is 2. The quantitative estimate of drug-likeness (QED) is 0.843. The molecular formula is C9H9BrCl2O2. The van der Waals surface area contributed by atoms with Gasteiger partial charge in [0.05, 0.1) is 17.0 Å². The lowest BCUT2D eigenvalue weighted by molar-refractivity contribution is 0.0327. The fraction of sp³-hybridized carbons (Fsp3) is 0.333. The number of rotatable bonds is 3. The lowest BCUT2D eigenvalue weighted by atomic mass is 10.1. The minimum Gasteiger partial charge on any atom is -0.389 e. The Morgan fingerprint density at radius 2 is 2.00 bits per heavy atom. The monoisotopic (exact) mass is 298 g/mol. The van der Waals surface area contributed by atoms with Crippen LogP contribution in [0.3, 0.4) is 0 Å². The highest BCUT2D eigenvalue weighted by Crippen LogP contribution is 2.27. The zero-order valence-electron chi connectivity index (χ0n) is 7.12. The van der Waals surface area contributed by atoms with Gasteiger partial charge in [-0.05, 0) is 33.6 Å². The molecular weight excluding hydrogens is 291 g/mol. The van der Waals surface area contributed by atoms with Crippen molar-refractivity contribution in [3.05, 3.63) is 33.3 Å². The average molecular weight is 300 g/mol. The topological polar surface area (TPSA) is 40.5 Å². The minimum atomic E-state index is -0.985. The number of halogens is 3. The van der Waals surface area contributed by atoms with E-state index in [1.54, 1.807) is 18.2 Å². The summed E-state index contributed by atoms with van der Waals surface area (Å²) in [5.74, 6) is -0.0125. The third-order valence-electron chi connectivity index (χ3n) is 1.81. The highest BCUT2D eigenvalue weighted by Gasteiger charge is 2.17. The molecule has 1 aromatic carbocycles. The molecule has 0 spiro atoms. The first-order valence-electron chi connectivity index (χ1n) is 3.93. The molecule has 78 valence electrons. The van der Waals surface area contributed by atoms with Crippen LogP contribution < -0.4 is 0 Å². The van der Waals surface area contributed by atoms with Gasteiger partial charge >= 0.3 is 0 Å². The molecule has 0 heterocycles. The minimum absolute atomic E-state index is 0.0125. The highest BCUT2D eigenvalue weighted by molar-refractivity contribution is 9.10. The Hall–Kier alpha value is 0.200. The van der Waals surface area contributed by atoms with E-state index in [4.69, 9.17) is 23.2 Å². The Morgan fingerprint density at radius 3 is 2.50 bits per heavy atom. The van der Waals surface area contributed by atoms with Crippen LogP contribution in [0.5, 0.6) is 0 Å². The van der Waals surface area contributed by atoms with Crippen molar-refractivity contribution in [3.8, 4) is 0 Å². The summed E-state index contributed by atoms with van der Waals surface area (Å²) in [4.78, 5) is 0. The maximum atomic E-state index is 9.61. The third kappa shape index (κ3) is 2.84. The molecule has 0 bridgehead atoms. The number of benzene rings is 1. The summed E-state index contributed by atoms with van der Waals surface area (Å²) in [6, 6.07) is 4.95. The number of alkyl halides is 1. The van der Waals surface area contributed by atoms with Gasteiger partial charge < -0.3 is 10.2 Å². The van der Waals surface area contributed by atoms with Gasteiger partial charge in [0.1, 0.15) is 6.10 Å². The summed E-state index contributed by atoms with van der Waals surface area (Å²) in [7, 11) is 0. The predicted molar refractivity (Wildman–Crippen MR) is 60.8 cm³/mol. The summed E-state index contributed by atoms with van der Waals surface area (Å²) in [5, 5.41) is 19.5. The molecule has 0 saturated carbocycles. The van der Waals surface area contributed by atoms with Crippen LogP contribution in [0.15, 0.2) is 22.7 Å². The lowest BCUT2D eigenvalue weighted by Crippen LogP contribution is -2.19. The molecule has 0 fully saturated rings. The van der Waals surface area contributed by atoms with E-state index in [2.05, 4.69) is 15.9 Å². The fourth-order valence-electron chi connectivity index (χ4n) is 1.00. The standard InChI is InChI=1S/C9H9BrCl2O2/c10-6-3-5(1-2-7(6)12)9(14)8(13)4-11/h1-3,8-9,13-14H,4H2. The first kappa shape index (κ1) is 12.3. The Balaban J connectivity index is 2.91. The Kier molecular flexibility index (Phi) is 4.67. The van der Waals surface area contributed by atoms with Crippen LogP contribution >= 0.6 is 39.1 Å². The molecule has 0 radical (unpaired) electrons.